The molecule has 0 heterocycles. The molecule has 0 aromatic heterocycles. The van der Waals surface area contributed by atoms with Crippen molar-refractivity contribution < 1.29 is 9.90 Å². The third-order valence-corrected chi connectivity index (χ3v) is 2.41. The standard InChI is InChI=1S/C7H10INO2/c1-2-3-6(4-8)5-9-7(10)11/h1,6,9H,3-5H2,(H,10,11). The van der Waals surface area contributed by atoms with Crippen LogP contribution in [0.15, 0.2) is 0 Å². The van der Waals surface area contributed by atoms with E-state index in [0.29, 0.717) is 13.0 Å². The van der Waals surface area contributed by atoms with Crippen LogP contribution in [0.1, 0.15) is 6.42 Å². The van der Waals surface area contributed by atoms with E-state index in [4.69, 9.17) is 11.5 Å². The number of terminal acetylenes is 1. The van der Waals surface area contributed by atoms with Crippen LogP contribution >= 0.6 is 22.6 Å². The second-order valence-electron chi connectivity index (χ2n) is 2.11. The molecule has 0 aliphatic carbocycles. The molecule has 0 saturated carbocycles. The maximum absolute atomic E-state index is 10.1. The summed E-state index contributed by atoms with van der Waals surface area (Å²) in [6.45, 7) is 0.447. The van der Waals surface area contributed by atoms with E-state index < -0.39 is 6.09 Å². The lowest BCUT2D eigenvalue weighted by atomic mass is 10.1. The molecule has 2 N–H and O–H groups in total. The first-order valence-electron chi connectivity index (χ1n) is 3.17. The van der Waals surface area contributed by atoms with Gasteiger partial charge in [-0.3, -0.25) is 0 Å². The lowest BCUT2D eigenvalue weighted by molar-refractivity contribution is 0.193. The number of alkyl halides is 1. The van der Waals surface area contributed by atoms with Gasteiger partial charge in [0.2, 0.25) is 0 Å². The van der Waals surface area contributed by atoms with Gasteiger partial charge in [-0.2, -0.15) is 0 Å². The van der Waals surface area contributed by atoms with Crippen LogP contribution in [0.2, 0.25) is 0 Å². The van der Waals surface area contributed by atoms with Crippen molar-refractivity contribution in [2.24, 2.45) is 5.92 Å². The van der Waals surface area contributed by atoms with Gasteiger partial charge in [0.1, 0.15) is 0 Å². The van der Waals surface area contributed by atoms with Crippen LogP contribution < -0.4 is 5.32 Å². The second kappa shape index (κ2) is 6.28. The highest BCUT2D eigenvalue weighted by Crippen LogP contribution is 2.04. The molecule has 11 heavy (non-hydrogen) atoms. The van der Waals surface area contributed by atoms with Gasteiger partial charge < -0.3 is 10.4 Å². The van der Waals surface area contributed by atoms with Crippen LogP contribution in [-0.4, -0.2) is 22.2 Å². The Morgan fingerprint density at radius 3 is 2.82 bits per heavy atom. The summed E-state index contributed by atoms with van der Waals surface area (Å²) in [5, 5.41) is 10.6. The Bertz CT molecular complexity index is 164. The van der Waals surface area contributed by atoms with E-state index in [0.717, 1.165) is 4.43 Å². The number of hydrogen-bond donors (Lipinski definition) is 2. The normalized spacial score (nSPS) is 11.6. The summed E-state index contributed by atoms with van der Waals surface area (Å²) in [5.74, 6) is 2.77. The zero-order valence-electron chi connectivity index (χ0n) is 6.01. The maximum Gasteiger partial charge on any atom is 0.404 e. The van der Waals surface area contributed by atoms with Crippen molar-refractivity contribution >= 4 is 28.7 Å². The van der Waals surface area contributed by atoms with Gasteiger partial charge in [0.15, 0.2) is 0 Å². The van der Waals surface area contributed by atoms with E-state index >= 15 is 0 Å². The minimum Gasteiger partial charge on any atom is -0.465 e. The van der Waals surface area contributed by atoms with Crippen molar-refractivity contribution in [3.63, 3.8) is 0 Å². The Balaban J connectivity index is 3.53. The van der Waals surface area contributed by atoms with Crippen molar-refractivity contribution in [1.29, 1.82) is 0 Å². The van der Waals surface area contributed by atoms with Crippen LogP contribution in [0.4, 0.5) is 4.79 Å². The van der Waals surface area contributed by atoms with Gasteiger partial charge in [-0.1, -0.05) is 22.6 Å². The summed E-state index contributed by atoms with van der Waals surface area (Å²) in [6, 6.07) is 0. The topological polar surface area (TPSA) is 49.3 Å². The maximum atomic E-state index is 10.1. The molecule has 1 amide bonds. The fourth-order valence-electron chi connectivity index (χ4n) is 0.580. The molecule has 62 valence electrons. The molecule has 0 aromatic carbocycles. The fraction of sp³-hybridized carbons (Fsp3) is 0.571. The molecular formula is C7H10INO2. The molecule has 0 aliphatic heterocycles. The van der Waals surface area contributed by atoms with E-state index in [2.05, 4.69) is 33.8 Å². The first-order valence-corrected chi connectivity index (χ1v) is 4.69. The van der Waals surface area contributed by atoms with Crippen molar-refractivity contribution in [2.75, 3.05) is 11.0 Å². The van der Waals surface area contributed by atoms with E-state index in [1.165, 1.54) is 0 Å². The molecule has 0 aliphatic rings. The predicted octanol–water partition coefficient (Wildman–Crippen LogP) is 1.33. The van der Waals surface area contributed by atoms with Crippen LogP contribution in [0, 0.1) is 18.3 Å². The van der Waals surface area contributed by atoms with Crippen LogP contribution in [0.5, 0.6) is 0 Å². The number of nitrogens with one attached hydrogen (secondary N) is 1. The van der Waals surface area contributed by atoms with Gasteiger partial charge in [0, 0.05) is 17.4 Å². The molecular weight excluding hydrogens is 257 g/mol. The fourth-order valence-corrected chi connectivity index (χ4v) is 1.20. The van der Waals surface area contributed by atoms with E-state index in [1.807, 2.05) is 0 Å². The zero-order valence-corrected chi connectivity index (χ0v) is 8.17. The van der Waals surface area contributed by atoms with Gasteiger partial charge in [0.05, 0.1) is 0 Å². The summed E-state index contributed by atoms with van der Waals surface area (Å²) < 4.78 is 0.877. The Kier molecular flexibility index (Phi) is 6.03. The van der Waals surface area contributed by atoms with Crippen LogP contribution in [0.25, 0.3) is 0 Å². The third kappa shape index (κ3) is 5.98. The highest BCUT2D eigenvalue weighted by molar-refractivity contribution is 14.1. The van der Waals surface area contributed by atoms with Gasteiger partial charge >= 0.3 is 6.09 Å². The first-order chi connectivity index (χ1) is 5.20. The number of halogens is 1. The molecule has 0 spiro atoms. The van der Waals surface area contributed by atoms with Crippen molar-refractivity contribution in [2.45, 2.75) is 6.42 Å². The lowest BCUT2D eigenvalue weighted by Gasteiger charge is -2.09. The molecule has 0 bridgehead atoms. The summed E-state index contributed by atoms with van der Waals surface area (Å²) >= 11 is 2.19. The highest BCUT2D eigenvalue weighted by atomic mass is 127. The number of carboxylic acid groups (broad SMARTS) is 1. The summed E-state index contributed by atoms with van der Waals surface area (Å²) in [7, 11) is 0. The third-order valence-electron chi connectivity index (χ3n) is 1.17. The largest absolute Gasteiger partial charge is 0.465 e. The Morgan fingerprint density at radius 1 is 1.82 bits per heavy atom. The van der Waals surface area contributed by atoms with Gasteiger partial charge in [-0.05, 0) is 5.92 Å². The number of amides is 1. The summed E-state index contributed by atoms with van der Waals surface area (Å²) in [4.78, 5) is 10.1. The molecule has 0 fully saturated rings. The minimum absolute atomic E-state index is 0.261. The molecule has 1 unspecified atom stereocenters. The highest BCUT2D eigenvalue weighted by Gasteiger charge is 2.05. The average molecular weight is 267 g/mol. The quantitative estimate of drug-likeness (QED) is 0.458. The van der Waals surface area contributed by atoms with E-state index in [9.17, 15) is 4.79 Å². The molecule has 0 aromatic rings. The summed E-state index contributed by atoms with van der Waals surface area (Å²) in [6.07, 6.45) is 4.72. The Hall–Kier alpha value is -0.440. The van der Waals surface area contributed by atoms with Gasteiger partial charge in [0.25, 0.3) is 0 Å². The average Bonchev–Trinajstić information content (AvgIpc) is 1.97. The molecule has 0 saturated heterocycles. The van der Waals surface area contributed by atoms with Crippen LogP contribution in [0.3, 0.4) is 0 Å². The molecule has 3 nitrogen and oxygen atoms in total. The molecule has 1 atom stereocenters. The number of hydrogen-bond acceptors (Lipinski definition) is 1. The summed E-state index contributed by atoms with van der Waals surface area (Å²) in [5.41, 5.74) is 0. The molecule has 0 rings (SSSR count). The predicted molar refractivity (Wildman–Crippen MR) is 51.9 cm³/mol. The van der Waals surface area contributed by atoms with Crippen molar-refractivity contribution in [3.8, 4) is 12.3 Å². The molecule has 4 heteroatoms. The lowest BCUT2D eigenvalue weighted by Crippen LogP contribution is -2.28. The number of carbonyl (C=O) groups is 1. The monoisotopic (exact) mass is 267 g/mol. The second-order valence-corrected chi connectivity index (χ2v) is 3.00. The van der Waals surface area contributed by atoms with Gasteiger partial charge in [-0.15, -0.1) is 12.3 Å². The van der Waals surface area contributed by atoms with Crippen molar-refractivity contribution in [3.05, 3.63) is 0 Å². The van der Waals surface area contributed by atoms with Gasteiger partial charge in [-0.25, -0.2) is 4.79 Å². The zero-order chi connectivity index (χ0) is 8.69. The minimum atomic E-state index is -0.989. The van der Waals surface area contributed by atoms with Crippen LogP contribution in [-0.2, 0) is 0 Å². The van der Waals surface area contributed by atoms with Crippen molar-refractivity contribution in [1.82, 2.24) is 5.32 Å². The van der Waals surface area contributed by atoms with E-state index in [-0.39, 0.29) is 5.92 Å². The SMILES string of the molecule is C#CCC(CI)CNC(=O)O. The smallest absolute Gasteiger partial charge is 0.404 e. The number of rotatable bonds is 4. The van der Waals surface area contributed by atoms with E-state index in [1.54, 1.807) is 0 Å². The molecule has 0 radical (unpaired) electrons. The first kappa shape index (κ1) is 10.6. The Labute approximate surface area is 79.7 Å². The Morgan fingerprint density at radius 2 is 2.45 bits per heavy atom.